The van der Waals surface area contributed by atoms with Gasteiger partial charge in [0.05, 0.1) is 4.92 Å². The molecule has 8 heteroatoms. The van der Waals surface area contributed by atoms with E-state index in [4.69, 9.17) is 0 Å². The van der Waals surface area contributed by atoms with Crippen molar-refractivity contribution in [2.24, 2.45) is 0 Å². The molecule has 3 aromatic carbocycles. The highest BCUT2D eigenvalue weighted by atomic mass is 16.6. The first-order valence-electron chi connectivity index (χ1n) is 11.1. The number of nitro groups is 1. The number of carbonyl (C=O) groups excluding carboxylic acids is 2. The molecular formula is C26H28N4O4. The summed E-state index contributed by atoms with van der Waals surface area (Å²) >= 11 is 0. The second-order valence-corrected chi connectivity index (χ2v) is 7.75. The average molecular weight is 461 g/mol. The van der Waals surface area contributed by atoms with E-state index in [0.717, 1.165) is 25.2 Å². The van der Waals surface area contributed by atoms with Gasteiger partial charge in [-0.15, -0.1) is 0 Å². The molecule has 0 saturated carbocycles. The quantitative estimate of drug-likeness (QED) is 0.339. The smallest absolute Gasteiger partial charge is 0.269 e. The lowest BCUT2D eigenvalue weighted by atomic mass is 10.1. The van der Waals surface area contributed by atoms with Crippen molar-refractivity contribution in [3.8, 4) is 0 Å². The number of nitrogens with one attached hydrogen (secondary N) is 2. The van der Waals surface area contributed by atoms with E-state index in [0.29, 0.717) is 17.8 Å². The zero-order valence-electron chi connectivity index (χ0n) is 19.3. The van der Waals surface area contributed by atoms with Crippen molar-refractivity contribution < 1.29 is 14.5 Å². The Balaban J connectivity index is 1.64. The van der Waals surface area contributed by atoms with Gasteiger partial charge in [-0.2, -0.15) is 0 Å². The summed E-state index contributed by atoms with van der Waals surface area (Å²) in [4.78, 5) is 37.8. The molecule has 176 valence electrons. The lowest BCUT2D eigenvalue weighted by Crippen LogP contribution is -2.26. The summed E-state index contributed by atoms with van der Waals surface area (Å²) in [5.41, 5.74) is 3.31. The molecule has 0 heterocycles. The first-order valence-corrected chi connectivity index (χ1v) is 11.1. The van der Waals surface area contributed by atoms with E-state index in [1.54, 1.807) is 24.3 Å². The number of benzene rings is 3. The van der Waals surface area contributed by atoms with Gasteiger partial charge in [0.15, 0.2) is 0 Å². The fraction of sp³-hybridized carbons (Fsp3) is 0.231. The maximum atomic E-state index is 12.8. The molecule has 0 aliphatic carbocycles. The summed E-state index contributed by atoms with van der Waals surface area (Å²) in [6.07, 6.45) is 0. The first kappa shape index (κ1) is 24.6. The molecule has 0 aliphatic rings. The van der Waals surface area contributed by atoms with Crippen LogP contribution in [0.1, 0.15) is 45.7 Å². The third-order valence-electron chi connectivity index (χ3n) is 5.57. The van der Waals surface area contributed by atoms with Crippen molar-refractivity contribution in [1.82, 2.24) is 10.2 Å². The van der Waals surface area contributed by atoms with Gasteiger partial charge < -0.3 is 10.6 Å². The molecule has 0 radical (unpaired) electrons. The Labute approximate surface area is 198 Å². The summed E-state index contributed by atoms with van der Waals surface area (Å²) in [5, 5.41) is 16.5. The molecule has 0 saturated heterocycles. The van der Waals surface area contributed by atoms with E-state index in [1.807, 2.05) is 18.2 Å². The minimum atomic E-state index is -0.522. The van der Waals surface area contributed by atoms with Crippen molar-refractivity contribution in [1.29, 1.82) is 0 Å². The fourth-order valence-electron chi connectivity index (χ4n) is 3.53. The first-order chi connectivity index (χ1) is 16.4. The normalized spacial score (nSPS) is 10.7. The van der Waals surface area contributed by atoms with Crippen molar-refractivity contribution >= 4 is 23.2 Å². The highest BCUT2D eigenvalue weighted by molar-refractivity contribution is 6.05. The SMILES string of the molecule is CCN(CC)Cc1ccccc1CNC(=O)c1cccc(NC(=O)c2ccc([N+](=O)[O-])cc2)c1. The molecule has 0 unspecified atom stereocenters. The van der Waals surface area contributed by atoms with Crippen LogP contribution in [-0.4, -0.2) is 34.7 Å². The number of hydrogen-bond donors (Lipinski definition) is 2. The summed E-state index contributed by atoms with van der Waals surface area (Å²) in [6.45, 7) is 7.38. The molecular weight excluding hydrogens is 432 g/mol. The molecule has 3 rings (SSSR count). The van der Waals surface area contributed by atoms with Gasteiger partial charge in [0, 0.05) is 42.0 Å². The molecule has 0 spiro atoms. The second kappa shape index (κ2) is 11.7. The lowest BCUT2D eigenvalue weighted by Gasteiger charge is -2.20. The van der Waals surface area contributed by atoms with Crippen LogP contribution in [0.2, 0.25) is 0 Å². The van der Waals surface area contributed by atoms with Crippen molar-refractivity contribution in [3.63, 3.8) is 0 Å². The van der Waals surface area contributed by atoms with Crippen LogP contribution in [0.3, 0.4) is 0 Å². The summed E-state index contributed by atoms with van der Waals surface area (Å²) in [7, 11) is 0. The number of carbonyl (C=O) groups is 2. The molecule has 2 amide bonds. The van der Waals surface area contributed by atoms with Crippen LogP contribution >= 0.6 is 0 Å². The lowest BCUT2D eigenvalue weighted by molar-refractivity contribution is -0.384. The van der Waals surface area contributed by atoms with Crippen LogP contribution in [0.25, 0.3) is 0 Å². The molecule has 3 aromatic rings. The zero-order valence-corrected chi connectivity index (χ0v) is 19.3. The van der Waals surface area contributed by atoms with E-state index >= 15 is 0 Å². The van der Waals surface area contributed by atoms with E-state index in [1.165, 1.54) is 29.8 Å². The highest BCUT2D eigenvalue weighted by Crippen LogP contribution is 2.16. The van der Waals surface area contributed by atoms with Crippen molar-refractivity contribution in [3.05, 3.63) is 105 Å². The van der Waals surface area contributed by atoms with Crippen LogP contribution in [0.5, 0.6) is 0 Å². The number of nitrogens with zero attached hydrogens (tertiary/aromatic N) is 2. The molecule has 0 aromatic heterocycles. The Morgan fingerprint density at radius 1 is 0.853 bits per heavy atom. The molecule has 0 fully saturated rings. The van der Waals surface area contributed by atoms with Gasteiger partial charge in [-0.1, -0.05) is 44.2 Å². The number of non-ortho nitro benzene ring substituents is 1. The number of anilines is 1. The minimum absolute atomic E-state index is 0.0890. The van der Waals surface area contributed by atoms with Crippen LogP contribution in [0.4, 0.5) is 11.4 Å². The fourth-order valence-corrected chi connectivity index (χ4v) is 3.53. The van der Waals surface area contributed by atoms with Crippen LogP contribution in [-0.2, 0) is 13.1 Å². The van der Waals surface area contributed by atoms with Gasteiger partial charge in [0.2, 0.25) is 0 Å². The van der Waals surface area contributed by atoms with Crippen molar-refractivity contribution in [2.45, 2.75) is 26.9 Å². The monoisotopic (exact) mass is 460 g/mol. The number of hydrogen-bond acceptors (Lipinski definition) is 5. The van der Waals surface area contributed by atoms with Crippen molar-refractivity contribution in [2.75, 3.05) is 18.4 Å². The predicted octanol–water partition coefficient (Wildman–Crippen LogP) is 4.62. The number of rotatable bonds is 10. The molecule has 34 heavy (non-hydrogen) atoms. The number of nitro benzene ring substituents is 1. The highest BCUT2D eigenvalue weighted by Gasteiger charge is 2.12. The Bertz CT molecular complexity index is 1160. The van der Waals surface area contributed by atoms with E-state index in [-0.39, 0.29) is 17.2 Å². The van der Waals surface area contributed by atoms with Crippen LogP contribution in [0.15, 0.2) is 72.8 Å². The van der Waals surface area contributed by atoms with Gasteiger partial charge >= 0.3 is 0 Å². The second-order valence-electron chi connectivity index (χ2n) is 7.75. The standard InChI is InChI=1S/C26H28N4O4/c1-3-29(4-2)18-22-9-6-5-8-21(22)17-27-25(31)20-10-7-11-23(16-20)28-26(32)19-12-14-24(15-13-19)30(33)34/h5-16H,3-4,17-18H2,1-2H3,(H,27,31)(H,28,32). The predicted molar refractivity (Wildman–Crippen MR) is 132 cm³/mol. The van der Waals surface area contributed by atoms with Crippen LogP contribution < -0.4 is 10.6 Å². The zero-order chi connectivity index (χ0) is 24.5. The third kappa shape index (κ3) is 6.49. The van der Waals surface area contributed by atoms with Gasteiger partial charge in [-0.05, 0) is 54.5 Å². The third-order valence-corrected chi connectivity index (χ3v) is 5.57. The minimum Gasteiger partial charge on any atom is -0.348 e. The molecule has 0 bridgehead atoms. The van der Waals surface area contributed by atoms with Gasteiger partial charge in [-0.25, -0.2) is 0 Å². The Morgan fingerprint density at radius 2 is 1.53 bits per heavy atom. The topological polar surface area (TPSA) is 105 Å². The molecule has 0 atom stereocenters. The molecule has 8 nitrogen and oxygen atoms in total. The van der Waals surface area contributed by atoms with E-state index in [9.17, 15) is 19.7 Å². The number of amides is 2. The van der Waals surface area contributed by atoms with Gasteiger partial charge in [-0.3, -0.25) is 24.6 Å². The van der Waals surface area contributed by atoms with E-state index in [2.05, 4.69) is 35.4 Å². The average Bonchev–Trinajstić information content (AvgIpc) is 2.86. The van der Waals surface area contributed by atoms with Crippen LogP contribution in [0, 0.1) is 10.1 Å². The summed E-state index contributed by atoms with van der Waals surface area (Å²) in [6, 6.07) is 20.0. The van der Waals surface area contributed by atoms with Gasteiger partial charge in [0.1, 0.15) is 0 Å². The summed E-state index contributed by atoms with van der Waals surface area (Å²) in [5.74, 6) is -0.665. The van der Waals surface area contributed by atoms with E-state index < -0.39 is 10.8 Å². The maximum Gasteiger partial charge on any atom is 0.269 e. The molecule has 2 N–H and O–H groups in total. The largest absolute Gasteiger partial charge is 0.348 e. The molecule has 0 aliphatic heterocycles. The van der Waals surface area contributed by atoms with Gasteiger partial charge in [0.25, 0.3) is 17.5 Å². The Hall–Kier alpha value is -4.04. The Kier molecular flexibility index (Phi) is 8.48. The maximum absolute atomic E-state index is 12.8. The Morgan fingerprint density at radius 3 is 2.18 bits per heavy atom. The summed E-state index contributed by atoms with van der Waals surface area (Å²) < 4.78 is 0.